The van der Waals surface area contributed by atoms with Gasteiger partial charge in [0.25, 0.3) is 0 Å². The number of allylic oxidation sites excluding steroid dienone is 8. The number of carbonyl (C=O) groups excluding carboxylic acids is 1. The third kappa shape index (κ3) is 38.7. The molecule has 17 atom stereocenters. The zero-order chi connectivity index (χ0) is 69.6. The van der Waals surface area contributed by atoms with Crippen molar-refractivity contribution in [2.45, 2.75) is 407 Å². The van der Waals surface area contributed by atoms with Gasteiger partial charge in [0.05, 0.1) is 38.6 Å². The zero-order valence-electron chi connectivity index (χ0n) is 59.9. The van der Waals surface area contributed by atoms with Gasteiger partial charge in [0.1, 0.15) is 73.2 Å². The number of aliphatic hydroxyl groups is 11. The molecule has 3 fully saturated rings. The number of nitrogens with one attached hydrogen (secondary N) is 1. The lowest BCUT2D eigenvalue weighted by molar-refractivity contribution is -0.379. The molecule has 3 saturated heterocycles. The Kier molecular flexibility index (Phi) is 53.4. The molecule has 0 aromatic heterocycles. The summed E-state index contributed by atoms with van der Waals surface area (Å²) in [5.74, 6) is -0.239. The van der Waals surface area contributed by atoms with Crippen LogP contribution in [0.3, 0.4) is 0 Å². The maximum absolute atomic E-state index is 13.4. The molecule has 3 aliphatic heterocycles. The molecular weight excluding hydrogens is 1230 g/mol. The third-order valence-electron chi connectivity index (χ3n) is 19.4. The number of carbonyl (C=O) groups is 1. The van der Waals surface area contributed by atoms with Crippen LogP contribution >= 0.6 is 0 Å². The van der Waals surface area contributed by atoms with Crippen LogP contribution in [0.4, 0.5) is 0 Å². The van der Waals surface area contributed by atoms with Gasteiger partial charge in [0, 0.05) is 6.42 Å². The summed E-state index contributed by atoms with van der Waals surface area (Å²) >= 11 is 0. The topological polar surface area (TPSA) is 307 Å². The van der Waals surface area contributed by atoms with Gasteiger partial charge in [-0.15, -0.1) is 0 Å². The van der Waals surface area contributed by atoms with E-state index in [9.17, 15) is 61.0 Å². The Bertz CT molecular complexity index is 1930. The molecule has 0 bridgehead atoms. The van der Waals surface area contributed by atoms with E-state index in [4.69, 9.17) is 28.4 Å². The highest BCUT2D eigenvalue weighted by molar-refractivity contribution is 5.76. The van der Waals surface area contributed by atoms with Crippen LogP contribution in [-0.2, 0) is 33.2 Å². The monoisotopic (exact) mass is 1370 g/mol. The van der Waals surface area contributed by atoms with E-state index in [1.54, 1.807) is 0 Å². The quantitative estimate of drug-likeness (QED) is 0.0199. The van der Waals surface area contributed by atoms with Crippen LogP contribution in [0.1, 0.15) is 303 Å². The largest absolute Gasteiger partial charge is 0.394 e. The Morgan fingerprint density at radius 3 is 1.12 bits per heavy atom. The molecule has 3 heterocycles. The second-order valence-electron chi connectivity index (χ2n) is 27.8. The van der Waals surface area contributed by atoms with Gasteiger partial charge in [0.15, 0.2) is 18.9 Å². The van der Waals surface area contributed by atoms with Crippen molar-refractivity contribution in [1.29, 1.82) is 0 Å². The lowest BCUT2D eigenvalue weighted by atomic mass is 9.96. The van der Waals surface area contributed by atoms with Gasteiger partial charge < -0.3 is 89.9 Å². The van der Waals surface area contributed by atoms with Crippen LogP contribution < -0.4 is 5.32 Å². The Morgan fingerprint density at radius 2 is 0.719 bits per heavy atom. The van der Waals surface area contributed by atoms with Gasteiger partial charge in [-0.3, -0.25) is 4.79 Å². The zero-order valence-corrected chi connectivity index (χ0v) is 59.9. The highest BCUT2D eigenvalue weighted by Crippen LogP contribution is 2.33. The number of aliphatic hydroxyl groups excluding tert-OH is 11. The molecule has 96 heavy (non-hydrogen) atoms. The van der Waals surface area contributed by atoms with Gasteiger partial charge in [0.2, 0.25) is 5.91 Å². The lowest BCUT2D eigenvalue weighted by Crippen LogP contribution is -2.66. The van der Waals surface area contributed by atoms with Crippen molar-refractivity contribution in [2.75, 3.05) is 26.4 Å². The molecule has 0 aliphatic carbocycles. The van der Waals surface area contributed by atoms with E-state index in [-0.39, 0.29) is 18.9 Å². The van der Waals surface area contributed by atoms with Gasteiger partial charge in [-0.05, 0) is 51.4 Å². The molecule has 19 nitrogen and oxygen atoms in total. The summed E-state index contributed by atoms with van der Waals surface area (Å²) < 4.78 is 34.4. The van der Waals surface area contributed by atoms with Crippen molar-refractivity contribution in [3.8, 4) is 0 Å². The van der Waals surface area contributed by atoms with Crippen molar-refractivity contribution in [3.05, 3.63) is 48.6 Å². The average molecular weight is 1370 g/mol. The smallest absolute Gasteiger partial charge is 0.220 e. The minimum absolute atomic E-state index is 0.239. The molecule has 1 amide bonds. The Hall–Kier alpha value is -2.25. The van der Waals surface area contributed by atoms with Crippen LogP contribution in [0.25, 0.3) is 0 Å². The fraction of sp³-hybridized carbons (Fsp3) is 0.883. The second kappa shape index (κ2) is 58.3. The Morgan fingerprint density at radius 1 is 0.385 bits per heavy atom. The maximum atomic E-state index is 13.4. The molecule has 3 rings (SSSR count). The summed E-state index contributed by atoms with van der Waals surface area (Å²) in [5, 5.41) is 121. The van der Waals surface area contributed by atoms with Crippen molar-refractivity contribution in [1.82, 2.24) is 5.32 Å². The van der Waals surface area contributed by atoms with Gasteiger partial charge in [-0.25, -0.2) is 0 Å². The van der Waals surface area contributed by atoms with E-state index in [0.717, 1.165) is 70.6 Å². The first-order valence-electron chi connectivity index (χ1n) is 38.9. The number of hydrogen-bond acceptors (Lipinski definition) is 18. The van der Waals surface area contributed by atoms with Crippen LogP contribution in [0.2, 0.25) is 0 Å². The minimum Gasteiger partial charge on any atom is -0.394 e. The number of hydrogen-bond donors (Lipinski definition) is 12. The molecule has 19 heteroatoms. The predicted octanol–water partition coefficient (Wildman–Crippen LogP) is 12.1. The minimum atomic E-state index is -1.97. The molecule has 17 unspecified atom stereocenters. The molecule has 0 saturated carbocycles. The summed E-state index contributed by atoms with van der Waals surface area (Å²) in [6.07, 6.45) is 45.2. The van der Waals surface area contributed by atoms with Crippen molar-refractivity contribution in [2.24, 2.45) is 0 Å². The summed E-state index contributed by atoms with van der Waals surface area (Å²) in [6.45, 7) is 1.70. The van der Waals surface area contributed by atoms with E-state index in [1.165, 1.54) is 199 Å². The van der Waals surface area contributed by atoms with E-state index < -0.39 is 124 Å². The Labute approximate surface area is 580 Å². The summed E-state index contributed by atoms with van der Waals surface area (Å²) in [5.41, 5.74) is 0. The molecule has 0 aromatic rings. The number of unbranched alkanes of at least 4 members (excludes halogenated alkanes) is 37. The fourth-order valence-electron chi connectivity index (χ4n) is 13.2. The first-order chi connectivity index (χ1) is 46.8. The summed E-state index contributed by atoms with van der Waals surface area (Å²) in [6, 6.07) is -0.884. The second-order valence-corrected chi connectivity index (χ2v) is 27.8. The molecule has 0 aromatic carbocycles. The maximum Gasteiger partial charge on any atom is 0.220 e. The van der Waals surface area contributed by atoms with E-state index in [2.05, 4.69) is 67.8 Å². The fourth-order valence-corrected chi connectivity index (χ4v) is 13.2. The van der Waals surface area contributed by atoms with E-state index >= 15 is 0 Å². The van der Waals surface area contributed by atoms with Gasteiger partial charge in [-0.2, -0.15) is 0 Å². The number of amides is 1. The number of rotatable bonds is 61. The molecule has 12 N–H and O–H groups in total. The van der Waals surface area contributed by atoms with Crippen molar-refractivity contribution in [3.63, 3.8) is 0 Å². The highest BCUT2D eigenvalue weighted by atomic mass is 16.8. The van der Waals surface area contributed by atoms with Crippen molar-refractivity contribution >= 4 is 5.91 Å². The van der Waals surface area contributed by atoms with Crippen molar-refractivity contribution < 1.29 is 89.4 Å². The molecular formula is C77H141NO18. The molecule has 0 radical (unpaired) electrons. The standard InChI is InChI=1S/C77H141NO18/c1-3-5-7-9-11-13-15-17-18-19-20-21-22-23-24-25-26-27-28-29-30-31-32-33-34-35-36-37-38-39-40-41-42-43-45-47-49-51-53-55-65(83)78-60(61(82)54-52-50-48-46-44-16-14-12-10-8-6-4-2)59-91-75-71(89)68(86)73(63(57-80)93-75)96-77-72(90)69(87)74(64(58-81)94-77)95-76-70(88)67(85)66(84)62(56-79)92-76/h5,7,11,13,17-18,20-21,60-64,66-77,79-82,84-90H,3-4,6,8-10,12,14-16,19,22-59H2,1-2H3,(H,78,83)/b7-5-,13-11-,18-17-,21-20-. The Balaban J connectivity index is 1.27. The summed E-state index contributed by atoms with van der Waals surface area (Å²) in [7, 11) is 0. The van der Waals surface area contributed by atoms with E-state index in [0.29, 0.717) is 12.8 Å². The predicted molar refractivity (Wildman–Crippen MR) is 379 cm³/mol. The van der Waals surface area contributed by atoms with Gasteiger partial charge >= 0.3 is 0 Å². The normalized spacial score (nSPS) is 27.3. The van der Waals surface area contributed by atoms with Crippen LogP contribution in [0.15, 0.2) is 48.6 Å². The summed E-state index contributed by atoms with van der Waals surface area (Å²) in [4.78, 5) is 13.4. The molecule has 0 spiro atoms. The molecule has 3 aliphatic rings. The van der Waals surface area contributed by atoms with E-state index in [1.807, 2.05) is 0 Å². The average Bonchev–Trinajstić information content (AvgIpc) is 0.787. The molecule has 562 valence electrons. The van der Waals surface area contributed by atoms with Crippen LogP contribution in [-0.4, -0.2) is 193 Å². The third-order valence-corrected chi connectivity index (χ3v) is 19.4. The number of ether oxygens (including phenoxy) is 6. The lowest BCUT2D eigenvalue weighted by Gasteiger charge is -2.48. The van der Waals surface area contributed by atoms with Gasteiger partial charge in [-0.1, -0.05) is 294 Å². The highest BCUT2D eigenvalue weighted by Gasteiger charge is 2.54. The first-order valence-corrected chi connectivity index (χ1v) is 38.9. The van der Waals surface area contributed by atoms with Crippen LogP contribution in [0, 0.1) is 0 Å². The SMILES string of the molecule is CC/C=C\C/C=C\C/C=C\C/C=C\CCCCCCCCCCCCCCCCCCCCCCCCCCCCC(=O)NC(COC1OC(CO)C(OC2OC(CO)C(OC3OC(CO)C(O)C(O)C3O)C(O)C2O)C(O)C1O)C(O)CCCCCCCCCCCCCC. The first kappa shape index (κ1) is 88.0. The van der Waals surface area contributed by atoms with Crippen LogP contribution in [0.5, 0.6) is 0 Å².